The Morgan fingerprint density at radius 1 is 1.12 bits per heavy atom. The first-order valence-corrected chi connectivity index (χ1v) is 6.96. The van der Waals surface area contributed by atoms with Crippen molar-refractivity contribution in [1.82, 2.24) is 5.32 Å². The molecule has 1 heteroatoms. The fraction of sp³-hybridized carbons (Fsp3) is 0.625. The highest BCUT2D eigenvalue weighted by Gasteiger charge is 2.26. The van der Waals surface area contributed by atoms with Crippen LogP contribution in [0.1, 0.15) is 44.2 Å². The van der Waals surface area contributed by atoms with Crippen LogP contribution in [0.4, 0.5) is 0 Å². The van der Waals surface area contributed by atoms with Crippen LogP contribution in [0.5, 0.6) is 0 Å². The molecule has 1 aliphatic rings. The lowest BCUT2D eigenvalue weighted by molar-refractivity contribution is 0.206. The molecule has 3 atom stereocenters. The first-order chi connectivity index (χ1) is 8.16. The Morgan fingerprint density at radius 3 is 2.53 bits per heavy atom. The van der Waals surface area contributed by atoms with Crippen molar-refractivity contribution in [1.29, 1.82) is 0 Å². The second-order valence-electron chi connectivity index (χ2n) is 5.74. The van der Waals surface area contributed by atoms with Crippen LogP contribution in [0.3, 0.4) is 0 Å². The number of nitrogens with one attached hydrogen (secondary N) is 1. The summed E-state index contributed by atoms with van der Waals surface area (Å²) in [7, 11) is 0. The zero-order valence-corrected chi connectivity index (χ0v) is 11.4. The van der Waals surface area contributed by atoms with Gasteiger partial charge in [0.15, 0.2) is 0 Å². The van der Waals surface area contributed by atoms with Gasteiger partial charge in [-0.1, -0.05) is 56.5 Å². The fourth-order valence-electron chi connectivity index (χ4n) is 2.82. The molecule has 1 N–H and O–H groups in total. The summed E-state index contributed by atoms with van der Waals surface area (Å²) in [6, 6.07) is 9.58. The molecule has 1 aromatic rings. The third kappa shape index (κ3) is 3.32. The topological polar surface area (TPSA) is 12.0 Å². The molecular formula is C16H25N. The largest absolute Gasteiger partial charge is 0.310 e. The molecule has 0 unspecified atom stereocenters. The van der Waals surface area contributed by atoms with E-state index in [4.69, 9.17) is 0 Å². The van der Waals surface area contributed by atoms with Gasteiger partial charge in [0.05, 0.1) is 0 Å². The maximum Gasteiger partial charge on any atom is 0.0208 e. The smallest absolute Gasteiger partial charge is 0.0208 e. The Kier molecular flexibility index (Phi) is 4.22. The van der Waals surface area contributed by atoms with E-state index in [1.807, 2.05) is 0 Å². The van der Waals surface area contributed by atoms with Crippen LogP contribution in [0, 0.1) is 18.8 Å². The summed E-state index contributed by atoms with van der Waals surface area (Å²) in [6.07, 6.45) is 4.14. The molecule has 0 amide bonds. The van der Waals surface area contributed by atoms with Crippen molar-refractivity contribution in [2.45, 2.75) is 52.6 Å². The SMILES string of the molecule is Cc1ccc(CN[C@@H]2CCC[C@@H](C)[C@@H]2C)cc1. The Bertz CT molecular complexity index is 341. The van der Waals surface area contributed by atoms with Gasteiger partial charge in [0.1, 0.15) is 0 Å². The van der Waals surface area contributed by atoms with E-state index in [-0.39, 0.29) is 0 Å². The van der Waals surface area contributed by atoms with Gasteiger partial charge in [0.2, 0.25) is 0 Å². The van der Waals surface area contributed by atoms with Crippen molar-refractivity contribution in [2.75, 3.05) is 0 Å². The predicted molar refractivity (Wildman–Crippen MR) is 74.0 cm³/mol. The van der Waals surface area contributed by atoms with E-state index in [0.717, 1.165) is 18.4 Å². The minimum absolute atomic E-state index is 0.708. The van der Waals surface area contributed by atoms with Gasteiger partial charge in [-0.3, -0.25) is 0 Å². The van der Waals surface area contributed by atoms with Crippen LogP contribution in [0.15, 0.2) is 24.3 Å². The maximum atomic E-state index is 3.74. The van der Waals surface area contributed by atoms with Gasteiger partial charge >= 0.3 is 0 Å². The second kappa shape index (κ2) is 5.68. The van der Waals surface area contributed by atoms with Gasteiger partial charge in [-0.05, 0) is 30.7 Å². The Balaban J connectivity index is 1.87. The van der Waals surface area contributed by atoms with Crippen molar-refractivity contribution < 1.29 is 0 Å². The van der Waals surface area contributed by atoms with Crippen LogP contribution in [-0.4, -0.2) is 6.04 Å². The quantitative estimate of drug-likeness (QED) is 0.831. The zero-order chi connectivity index (χ0) is 12.3. The summed E-state index contributed by atoms with van der Waals surface area (Å²) in [4.78, 5) is 0. The highest BCUT2D eigenvalue weighted by molar-refractivity contribution is 5.21. The average molecular weight is 231 g/mol. The zero-order valence-electron chi connectivity index (χ0n) is 11.4. The molecule has 0 heterocycles. The molecular weight excluding hydrogens is 206 g/mol. The van der Waals surface area contributed by atoms with Crippen LogP contribution >= 0.6 is 0 Å². The summed E-state index contributed by atoms with van der Waals surface area (Å²) in [5.74, 6) is 1.69. The van der Waals surface area contributed by atoms with Gasteiger partial charge in [0, 0.05) is 12.6 Å². The molecule has 17 heavy (non-hydrogen) atoms. The normalized spacial score (nSPS) is 29.2. The molecule has 1 aromatic carbocycles. The first-order valence-electron chi connectivity index (χ1n) is 6.96. The number of benzene rings is 1. The van der Waals surface area contributed by atoms with E-state index in [9.17, 15) is 0 Å². The van der Waals surface area contributed by atoms with E-state index in [1.54, 1.807) is 0 Å². The number of rotatable bonds is 3. The van der Waals surface area contributed by atoms with Gasteiger partial charge in [-0.25, -0.2) is 0 Å². The van der Waals surface area contributed by atoms with Crippen molar-refractivity contribution in [3.05, 3.63) is 35.4 Å². The molecule has 0 saturated heterocycles. The Labute approximate surface area is 106 Å². The van der Waals surface area contributed by atoms with Gasteiger partial charge in [0.25, 0.3) is 0 Å². The van der Waals surface area contributed by atoms with Crippen LogP contribution < -0.4 is 5.32 Å². The molecule has 2 rings (SSSR count). The monoisotopic (exact) mass is 231 g/mol. The van der Waals surface area contributed by atoms with Crippen molar-refractivity contribution in [3.63, 3.8) is 0 Å². The third-order valence-corrected chi connectivity index (χ3v) is 4.40. The number of hydrogen-bond acceptors (Lipinski definition) is 1. The van der Waals surface area contributed by atoms with E-state index in [1.165, 1.54) is 30.4 Å². The number of aryl methyl sites for hydroxylation is 1. The molecule has 0 bridgehead atoms. The third-order valence-electron chi connectivity index (χ3n) is 4.40. The van der Waals surface area contributed by atoms with E-state index >= 15 is 0 Å². The Hall–Kier alpha value is -0.820. The summed E-state index contributed by atoms with van der Waals surface area (Å²) in [6.45, 7) is 7.95. The van der Waals surface area contributed by atoms with E-state index in [2.05, 4.69) is 50.4 Å². The number of hydrogen-bond donors (Lipinski definition) is 1. The minimum atomic E-state index is 0.708. The predicted octanol–water partition coefficient (Wildman–Crippen LogP) is 3.91. The van der Waals surface area contributed by atoms with Gasteiger partial charge in [-0.15, -0.1) is 0 Å². The lowest BCUT2D eigenvalue weighted by Crippen LogP contribution is -2.40. The maximum absolute atomic E-state index is 3.74. The molecule has 1 saturated carbocycles. The van der Waals surface area contributed by atoms with Crippen LogP contribution in [0.25, 0.3) is 0 Å². The van der Waals surface area contributed by atoms with Crippen molar-refractivity contribution in [3.8, 4) is 0 Å². The minimum Gasteiger partial charge on any atom is -0.310 e. The van der Waals surface area contributed by atoms with Crippen molar-refractivity contribution in [2.24, 2.45) is 11.8 Å². The molecule has 0 aromatic heterocycles. The van der Waals surface area contributed by atoms with E-state index in [0.29, 0.717) is 6.04 Å². The van der Waals surface area contributed by atoms with E-state index < -0.39 is 0 Å². The van der Waals surface area contributed by atoms with Gasteiger partial charge < -0.3 is 5.32 Å². The molecule has 1 nitrogen and oxygen atoms in total. The summed E-state index contributed by atoms with van der Waals surface area (Å²) in [5.41, 5.74) is 2.74. The van der Waals surface area contributed by atoms with Crippen LogP contribution in [-0.2, 0) is 6.54 Å². The van der Waals surface area contributed by atoms with Crippen LogP contribution in [0.2, 0.25) is 0 Å². The summed E-state index contributed by atoms with van der Waals surface area (Å²) >= 11 is 0. The molecule has 0 radical (unpaired) electrons. The lowest BCUT2D eigenvalue weighted by atomic mass is 9.78. The summed E-state index contributed by atoms with van der Waals surface area (Å²) < 4.78 is 0. The molecule has 1 fully saturated rings. The molecule has 94 valence electrons. The summed E-state index contributed by atoms with van der Waals surface area (Å²) in [5, 5.41) is 3.74. The molecule has 0 spiro atoms. The lowest BCUT2D eigenvalue weighted by Gasteiger charge is -2.34. The first kappa shape index (κ1) is 12.6. The molecule has 1 aliphatic carbocycles. The highest BCUT2D eigenvalue weighted by atomic mass is 14.9. The molecule has 0 aliphatic heterocycles. The average Bonchev–Trinajstić information content (AvgIpc) is 2.33. The standard InChI is InChI=1S/C16H25N/c1-12-7-9-15(10-8-12)11-17-16-6-4-5-13(2)14(16)3/h7-10,13-14,16-17H,4-6,11H2,1-3H3/t13-,14+,16-/m1/s1. The Morgan fingerprint density at radius 2 is 1.82 bits per heavy atom. The van der Waals surface area contributed by atoms with Gasteiger partial charge in [-0.2, -0.15) is 0 Å². The second-order valence-corrected chi connectivity index (χ2v) is 5.74. The van der Waals surface area contributed by atoms with Crippen molar-refractivity contribution >= 4 is 0 Å². The fourth-order valence-corrected chi connectivity index (χ4v) is 2.82. The highest BCUT2D eigenvalue weighted by Crippen LogP contribution is 2.29.